The average Bonchev–Trinajstić information content (AvgIpc) is 3.06. The molecule has 1 N–H and O–H groups in total. The quantitative estimate of drug-likeness (QED) is 0.650. The molecule has 2 atom stereocenters. The molecule has 2 bridgehead atoms. The number of carbonyl (C=O) groups excluding carboxylic acids is 1. The van der Waals surface area contributed by atoms with Gasteiger partial charge in [0.05, 0.1) is 0 Å². The van der Waals surface area contributed by atoms with Crippen LogP contribution in [0.5, 0.6) is 0 Å². The molecule has 2 saturated heterocycles. The van der Waals surface area contributed by atoms with Crippen molar-refractivity contribution in [2.24, 2.45) is 0 Å². The van der Waals surface area contributed by atoms with E-state index in [1.54, 1.807) is 11.5 Å². The van der Waals surface area contributed by atoms with Crippen LogP contribution in [0.2, 0.25) is 0 Å². The number of hydrogen-bond donors (Lipinski definition) is 1. The van der Waals surface area contributed by atoms with Gasteiger partial charge >= 0.3 is 5.82 Å². The molecule has 0 spiro atoms. The first-order chi connectivity index (χ1) is 10.9. The smallest absolute Gasteiger partial charge is 0.358 e. The Hall–Kier alpha value is -1.96. The van der Waals surface area contributed by atoms with Gasteiger partial charge in [0.25, 0.3) is 0 Å². The standard InChI is InChI=1S/C15H23N5O3/c1-10-16-14(20(22)23)9-19(10)6-5-15(21)18(2)13-7-11-3-4-12(8-13)17-11/h9,11-13,17H,3-8H2,1-2H3. The summed E-state index contributed by atoms with van der Waals surface area (Å²) >= 11 is 0. The number of rotatable bonds is 5. The second kappa shape index (κ2) is 6.27. The summed E-state index contributed by atoms with van der Waals surface area (Å²) in [5, 5.41) is 14.3. The van der Waals surface area contributed by atoms with Crippen molar-refractivity contribution in [2.75, 3.05) is 7.05 Å². The van der Waals surface area contributed by atoms with Gasteiger partial charge in [0.2, 0.25) is 11.7 Å². The fraction of sp³-hybridized carbons (Fsp3) is 0.733. The van der Waals surface area contributed by atoms with Crippen LogP contribution in [0.25, 0.3) is 0 Å². The highest BCUT2D eigenvalue weighted by Gasteiger charge is 2.36. The summed E-state index contributed by atoms with van der Waals surface area (Å²) in [4.78, 5) is 28.4. The molecule has 126 valence electrons. The van der Waals surface area contributed by atoms with Gasteiger partial charge in [-0.05, 0) is 35.6 Å². The molecule has 23 heavy (non-hydrogen) atoms. The third-order valence-corrected chi connectivity index (χ3v) is 5.11. The molecule has 3 heterocycles. The monoisotopic (exact) mass is 321 g/mol. The van der Waals surface area contributed by atoms with Crippen molar-refractivity contribution in [3.05, 3.63) is 22.1 Å². The molecule has 1 amide bonds. The number of carbonyl (C=O) groups is 1. The number of piperidine rings is 1. The Morgan fingerprint density at radius 2 is 2.13 bits per heavy atom. The van der Waals surface area contributed by atoms with Crippen LogP contribution in [0.3, 0.4) is 0 Å². The Morgan fingerprint density at radius 1 is 1.48 bits per heavy atom. The minimum atomic E-state index is -0.512. The second-order valence-electron chi connectivity index (χ2n) is 6.61. The molecule has 2 aliphatic rings. The predicted molar refractivity (Wildman–Crippen MR) is 84.0 cm³/mol. The van der Waals surface area contributed by atoms with E-state index in [4.69, 9.17) is 0 Å². The van der Waals surface area contributed by atoms with Crippen molar-refractivity contribution in [2.45, 2.75) is 63.7 Å². The molecule has 0 saturated carbocycles. The Labute approximate surface area is 135 Å². The van der Waals surface area contributed by atoms with E-state index in [9.17, 15) is 14.9 Å². The Kier molecular flexibility index (Phi) is 4.34. The highest BCUT2D eigenvalue weighted by atomic mass is 16.6. The van der Waals surface area contributed by atoms with Crippen molar-refractivity contribution in [1.82, 2.24) is 19.8 Å². The Morgan fingerprint density at radius 3 is 2.70 bits per heavy atom. The number of nitrogens with one attached hydrogen (secondary N) is 1. The van der Waals surface area contributed by atoms with Gasteiger partial charge in [-0.15, -0.1) is 0 Å². The van der Waals surface area contributed by atoms with E-state index in [-0.39, 0.29) is 11.7 Å². The third kappa shape index (κ3) is 3.36. The Bertz CT molecular complexity index is 602. The molecule has 3 rings (SSSR count). The van der Waals surface area contributed by atoms with E-state index in [1.807, 2.05) is 11.9 Å². The van der Waals surface area contributed by atoms with E-state index in [2.05, 4.69) is 10.3 Å². The van der Waals surface area contributed by atoms with Crippen LogP contribution < -0.4 is 5.32 Å². The van der Waals surface area contributed by atoms with Crippen LogP contribution in [0, 0.1) is 17.0 Å². The number of nitrogens with zero attached hydrogens (tertiary/aromatic N) is 4. The Balaban J connectivity index is 1.55. The molecular formula is C15H23N5O3. The van der Waals surface area contributed by atoms with Crippen molar-refractivity contribution in [3.8, 4) is 0 Å². The predicted octanol–water partition coefficient (Wildman–Crippen LogP) is 1.23. The minimum absolute atomic E-state index is 0.0899. The number of imidazole rings is 1. The molecular weight excluding hydrogens is 298 g/mol. The van der Waals surface area contributed by atoms with E-state index < -0.39 is 4.92 Å². The van der Waals surface area contributed by atoms with E-state index in [0.29, 0.717) is 36.9 Å². The second-order valence-corrected chi connectivity index (χ2v) is 6.61. The van der Waals surface area contributed by atoms with E-state index >= 15 is 0 Å². The molecule has 1 aromatic heterocycles. The first kappa shape index (κ1) is 15.9. The van der Waals surface area contributed by atoms with Crippen LogP contribution >= 0.6 is 0 Å². The fourth-order valence-electron chi connectivity index (χ4n) is 3.75. The lowest BCUT2D eigenvalue weighted by atomic mass is 9.98. The third-order valence-electron chi connectivity index (χ3n) is 5.11. The van der Waals surface area contributed by atoms with Crippen molar-refractivity contribution in [3.63, 3.8) is 0 Å². The van der Waals surface area contributed by atoms with Gasteiger partial charge < -0.3 is 24.9 Å². The lowest BCUT2D eigenvalue weighted by molar-refractivity contribution is -0.389. The van der Waals surface area contributed by atoms with E-state index in [1.165, 1.54) is 19.0 Å². The average molecular weight is 321 g/mol. The van der Waals surface area contributed by atoms with Gasteiger partial charge in [-0.2, -0.15) is 0 Å². The van der Waals surface area contributed by atoms with Gasteiger partial charge in [0.15, 0.2) is 0 Å². The van der Waals surface area contributed by atoms with Gasteiger partial charge in [-0.3, -0.25) is 4.79 Å². The van der Waals surface area contributed by atoms with Crippen LogP contribution in [-0.2, 0) is 11.3 Å². The topological polar surface area (TPSA) is 93.3 Å². The highest BCUT2D eigenvalue weighted by molar-refractivity contribution is 5.76. The van der Waals surface area contributed by atoms with Gasteiger partial charge in [0, 0.05) is 45.1 Å². The number of hydrogen-bond acceptors (Lipinski definition) is 5. The number of aromatic nitrogens is 2. The summed E-state index contributed by atoms with van der Waals surface area (Å²) in [6.07, 6.45) is 6.20. The number of aryl methyl sites for hydroxylation is 2. The zero-order chi connectivity index (χ0) is 16.6. The molecule has 8 nitrogen and oxygen atoms in total. The maximum Gasteiger partial charge on any atom is 0.381 e. The zero-order valence-corrected chi connectivity index (χ0v) is 13.6. The maximum absolute atomic E-state index is 12.4. The summed E-state index contributed by atoms with van der Waals surface area (Å²) in [5.41, 5.74) is 0. The number of nitro groups is 1. The normalized spacial score (nSPS) is 26.3. The molecule has 0 radical (unpaired) electrons. The minimum Gasteiger partial charge on any atom is -0.358 e. The molecule has 0 aromatic carbocycles. The molecule has 8 heteroatoms. The summed E-state index contributed by atoms with van der Waals surface area (Å²) in [6, 6.07) is 1.40. The van der Waals surface area contributed by atoms with Crippen molar-refractivity contribution >= 4 is 11.7 Å². The van der Waals surface area contributed by atoms with Gasteiger partial charge in [-0.1, -0.05) is 0 Å². The van der Waals surface area contributed by atoms with Crippen molar-refractivity contribution in [1.29, 1.82) is 0 Å². The maximum atomic E-state index is 12.4. The van der Waals surface area contributed by atoms with Gasteiger partial charge in [0.1, 0.15) is 6.20 Å². The zero-order valence-electron chi connectivity index (χ0n) is 13.6. The van der Waals surface area contributed by atoms with Gasteiger partial charge in [-0.25, -0.2) is 0 Å². The first-order valence-electron chi connectivity index (χ1n) is 8.14. The van der Waals surface area contributed by atoms with Crippen LogP contribution in [0.4, 0.5) is 5.82 Å². The highest BCUT2D eigenvalue weighted by Crippen LogP contribution is 2.29. The van der Waals surface area contributed by atoms with E-state index in [0.717, 1.165) is 12.8 Å². The molecule has 2 aliphatic heterocycles. The molecule has 2 unspecified atom stereocenters. The summed E-state index contributed by atoms with van der Waals surface area (Å²) in [7, 11) is 1.88. The molecule has 1 aromatic rings. The van der Waals surface area contributed by atoms with Crippen molar-refractivity contribution < 1.29 is 9.72 Å². The van der Waals surface area contributed by atoms with Crippen LogP contribution in [0.15, 0.2) is 6.20 Å². The van der Waals surface area contributed by atoms with Crippen LogP contribution in [-0.4, -0.2) is 50.5 Å². The molecule has 0 aliphatic carbocycles. The number of amides is 1. The first-order valence-corrected chi connectivity index (χ1v) is 8.14. The summed E-state index contributed by atoms with van der Waals surface area (Å²) in [5.74, 6) is 0.484. The lowest BCUT2D eigenvalue weighted by Gasteiger charge is -2.35. The lowest BCUT2D eigenvalue weighted by Crippen LogP contribution is -2.48. The molecule has 2 fully saturated rings. The summed E-state index contributed by atoms with van der Waals surface area (Å²) < 4.78 is 1.68. The van der Waals surface area contributed by atoms with Crippen LogP contribution in [0.1, 0.15) is 37.9 Å². The number of fused-ring (bicyclic) bond motifs is 2. The SMILES string of the molecule is Cc1nc([N+](=O)[O-])cn1CCC(=O)N(C)C1CC2CCC(C1)N2. The largest absolute Gasteiger partial charge is 0.381 e. The fourth-order valence-corrected chi connectivity index (χ4v) is 3.75. The summed E-state index contributed by atoms with van der Waals surface area (Å²) in [6.45, 7) is 2.14.